The largest absolute Gasteiger partial charge is 0.461 e. The molecule has 1 aromatic heterocycles. The van der Waals surface area contributed by atoms with Crippen LogP contribution >= 0.6 is 0 Å². The van der Waals surface area contributed by atoms with Gasteiger partial charge in [-0.3, -0.25) is 0 Å². The fourth-order valence-corrected chi connectivity index (χ4v) is 2.12. The van der Waals surface area contributed by atoms with Crippen LogP contribution in [0.15, 0.2) is 46.9 Å². The molecule has 0 saturated heterocycles. The Labute approximate surface area is 121 Å². The van der Waals surface area contributed by atoms with Gasteiger partial charge in [-0.1, -0.05) is 30.3 Å². The molecule has 3 rings (SSSR count). The topological polar surface area (TPSA) is 78.3 Å². The molecule has 0 unspecified atom stereocenters. The van der Waals surface area contributed by atoms with E-state index in [1.807, 2.05) is 42.5 Å². The molecule has 0 radical (unpaired) electrons. The number of nitrogen functional groups attached to an aromatic ring is 1. The lowest BCUT2D eigenvalue weighted by Crippen LogP contribution is -2.07. The molecule has 0 aliphatic rings. The second kappa shape index (κ2) is 5.28. The van der Waals surface area contributed by atoms with E-state index in [4.69, 9.17) is 14.9 Å². The van der Waals surface area contributed by atoms with Gasteiger partial charge in [0.05, 0.1) is 6.61 Å². The third-order valence-corrected chi connectivity index (χ3v) is 3.12. The predicted molar refractivity (Wildman–Crippen MR) is 79.8 cm³/mol. The minimum Gasteiger partial charge on any atom is -0.461 e. The summed E-state index contributed by atoms with van der Waals surface area (Å²) in [6.07, 6.45) is 0. The summed E-state index contributed by atoms with van der Waals surface area (Å²) in [7, 11) is 0. The maximum absolute atomic E-state index is 11.7. The number of ether oxygens (including phenoxy) is 1. The normalized spacial score (nSPS) is 10.7. The van der Waals surface area contributed by atoms with E-state index < -0.39 is 5.97 Å². The van der Waals surface area contributed by atoms with E-state index in [0.717, 1.165) is 16.3 Å². The highest BCUT2D eigenvalue weighted by molar-refractivity contribution is 5.93. The quantitative estimate of drug-likeness (QED) is 0.746. The van der Waals surface area contributed by atoms with Gasteiger partial charge in [-0.25, -0.2) is 4.79 Å². The summed E-state index contributed by atoms with van der Waals surface area (Å²) in [5.74, 6) is -0.302. The molecule has 0 fully saturated rings. The van der Waals surface area contributed by atoms with Gasteiger partial charge in [0.1, 0.15) is 0 Å². The Balaban J connectivity index is 2.02. The van der Waals surface area contributed by atoms with Crippen LogP contribution in [-0.2, 0) is 4.74 Å². The van der Waals surface area contributed by atoms with Crippen LogP contribution in [0.2, 0.25) is 0 Å². The number of hydrogen-bond acceptors (Lipinski definition) is 5. The summed E-state index contributed by atoms with van der Waals surface area (Å²) < 4.78 is 10.3. The average Bonchev–Trinajstić information content (AvgIpc) is 2.89. The zero-order valence-corrected chi connectivity index (χ0v) is 11.5. The summed E-state index contributed by atoms with van der Waals surface area (Å²) >= 11 is 0. The molecule has 1 heterocycles. The molecular formula is C16H14N2O3. The Morgan fingerprint density at radius 1 is 1.24 bits per heavy atom. The predicted octanol–water partition coefficient (Wildman–Crippen LogP) is 3.25. The summed E-state index contributed by atoms with van der Waals surface area (Å²) in [6, 6.07) is 13.7. The second-order valence-electron chi connectivity index (χ2n) is 4.51. The molecule has 5 nitrogen and oxygen atoms in total. The van der Waals surface area contributed by atoms with Crippen molar-refractivity contribution in [1.29, 1.82) is 0 Å². The van der Waals surface area contributed by atoms with Crippen molar-refractivity contribution < 1.29 is 13.9 Å². The molecule has 0 aliphatic heterocycles. The average molecular weight is 282 g/mol. The Hall–Kier alpha value is -2.82. The number of carbonyl (C=O) groups excluding carboxylic acids is 1. The highest BCUT2D eigenvalue weighted by Gasteiger charge is 2.20. The third kappa shape index (κ3) is 2.45. The maximum Gasteiger partial charge on any atom is 0.362 e. The van der Waals surface area contributed by atoms with Gasteiger partial charge in [-0.05, 0) is 29.8 Å². The second-order valence-corrected chi connectivity index (χ2v) is 4.51. The van der Waals surface area contributed by atoms with E-state index in [0.29, 0.717) is 5.89 Å². The van der Waals surface area contributed by atoms with Crippen molar-refractivity contribution in [2.24, 2.45) is 0 Å². The molecule has 0 atom stereocenters. The molecule has 106 valence electrons. The SMILES string of the molecule is CCOC(=O)c1nc(-c2ccc3ccccc3c2)oc1N. The molecule has 5 heteroatoms. The number of carbonyl (C=O) groups is 1. The molecular weight excluding hydrogens is 268 g/mol. The smallest absolute Gasteiger partial charge is 0.362 e. The van der Waals surface area contributed by atoms with Crippen molar-refractivity contribution in [1.82, 2.24) is 4.98 Å². The van der Waals surface area contributed by atoms with Crippen LogP contribution in [0.3, 0.4) is 0 Å². The molecule has 0 saturated carbocycles. The number of nitrogens with two attached hydrogens (primary N) is 1. The molecule has 2 N–H and O–H groups in total. The number of esters is 1. The van der Waals surface area contributed by atoms with Crippen LogP contribution in [0.5, 0.6) is 0 Å². The van der Waals surface area contributed by atoms with Crippen molar-refractivity contribution in [3.05, 3.63) is 48.2 Å². The summed E-state index contributed by atoms with van der Waals surface area (Å²) in [5, 5.41) is 2.18. The minimum absolute atomic E-state index is 0.0139. The number of benzene rings is 2. The summed E-state index contributed by atoms with van der Waals surface area (Å²) in [6.45, 7) is 1.98. The van der Waals surface area contributed by atoms with E-state index in [1.165, 1.54) is 0 Å². The third-order valence-electron chi connectivity index (χ3n) is 3.12. The molecule has 3 aromatic rings. The van der Waals surface area contributed by atoms with Crippen molar-refractivity contribution >= 4 is 22.6 Å². The zero-order valence-electron chi connectivity index (χ0n) is 11.5. The molecule has 0 bridgehead atoms. The lowest BCUT2D eigenvalue weighted by Gasteiger charge is -1.99. The Morgan fingerprint density at radius 3 is 2.76 bits per heavy atom. The lowest BCUT2D eigenvalue weighted by molar-refractivity contribution is 0.0521. The van der Waals surface area contributed by atoms with Gasteiger partial charge in [0.2, 0.25) is 17.5 Å². The fourth-order valence-electron chi connectivity index (χ4n) is 2.12. The first-order valence-electron chi connectivity index (χ1n) is 6.61. The van der Waals surface area contributed by atoms with Gasteiger partial charge in [0.15, 0.2) is 0 Å². The number of fused-ring (bicyclic) bond motifs is 1. The highest BCUT2D eigenvalue weighted by Crippen LogP contribution is 2.27. The number of aromatic nitrogens is 1. The van der Waals surface area contributed by atoms with Gasteiger partial charge in [-0.2, -0.15) is 4.98 Å². The van der Waals surface area contributed by atoms with Crippen molar-refractivity contribution in [3.8, 4) is 11.5 Å². The standard InChI is InChI=1S/C16H14N2O3/c1-2-20-16(19)13-14(17)21-15(18-13)12-8-7-10-5-3-4-6-11(10)9-12/h3-9H,2,17H2,1H3. The molecule has 0 aliphatic carbocycles. The molecule has 0 spiro atoms. The highest BCUT2D eigenvalue weighted by atomic mass is 16.5. The van der Waals surface area contributed by atoms with Crippen molar-refractivity contribution in [3.63, 3.8) is 0 Å². The number of oxazole rings is 1. The number of hydrogen-bond donors (Lipinski definition) is 1. The monoisotopic (exact) mass is 282 g/mol. The van der Waals surface area contributed by atoms with E-state index >= 15 is 0 Å². The van der Waals surface area contributed by atoms with Crippen LogP contribution < -0.4 is 5.73 Å². The van der Waals surface area contributed by atoms with Crippen LogP contribution in [-0.4, -0.2) is 17.6 Å². The van der Waals surface area contributed by atoms with Gasteiger partial charge in [-0.15, -0.1) is 0 Å². The van der Waals surface area contributed by atoms with Crippen LogP contribution in [0.4, 0.5) is 5.88 Å². The van der Waals surface area contributed by atoms with E-state index in [9.17, 15) is 4.79 Å². The number of anilines is 1. The van der Waals surface area contributed by atoms with E-state index in [2.05, 4.69) is 4.98 Å². The minimum atomic E-state index is -0.578. The first-order valence-corrected chi connectivity index (χ1v) is 6.61. The molecule has 0 amide bonds. The maximum atomic E-state index is 11.7. The molecule has 2 aromatic carbocycles. The van der Waals surface area contributed by atoms with Crippen LogP contribution in [0.1, 0.15) is 17.4 Å². The lowest BCUT2D eigenvalue weighted by atomic mass is 10.1. The van der Waals surface area contributed by atoms with Crippen molar-refractivity contribution in [2.45, 2.75) is 6.92 Å². The van der Waals surface area contributed by atoms with Gasteiger partial charge < -0.3 is 14.9 Å². The van der Waals surface area contributed by atoms with Gasteiger partial charge in [0, 0.05) is 5.56 Å². The van der Waals surface area contributed by atoms with Crippen molar-refractivity contribution in [2.75, 3.05) is 12.3 Å². The zero-order chi connectivity index (χ0) is 14.8. The number of rotatable bonds is 3. The molecule has 21 heavy (non-hydrogen) atoms. The Kier molecular flexibility index (Phi) is 3.31. The van der Waals surface area contributed by atoms with Crippen LogP contribution in [0, 0.1) is 0 Å². The van der Waals surface area contributed by atoms with Crippen LogP contribution in [0.25, 0.3) is 22.2 Å². The Bertz CT molecular complexity index is 808. The summed E-state index contributed by atoms with van der Waals surface area (Å²) in [5.41, 5.74) is 6.47. The van der Waals surface area contributed by atoms with E-state index in [1.54, 1.807) is 6.92 Å². The first kappa shape index (κ1) is 13.2. The summed E-state index contributed by atoms with van der Waals surface area (Å²) in [4.78, 5) is 15.8. The van der Waals surface area contributed by atoms with E-state index in [-0.39, 0.29) is 18.2 Å². The Morgan fingerprint density at radius 2 is 2.00 bits per heavy atom. The fraction of sp³-hybridized carbons (Fsp3) is 0.125. The number of nitrogens with zero attached hydrogens (tertiary/aromatic N) is 1. The van der Waals surface area contributed by atoms with Gasteiger partial charge in [0.25, 0.3) is 0 Å². The van der Waals surface area contributed by atoms with Gasteiger partial charge >= 0.3 is 5.97 Å². The first-order chi connectivity index (χ1) is 10.2.